The number of carbonyl (C=O) groups excluding carboxylic acids is 1. The van der Waals surface area contributed by atoms with Crippen LogP contribution in [0.15, 0.2) is 0 Å². The molecule has 0 aromatic rings. The summed E-state index contributed by atoms with van der Waals surface area (Å²) in [7, 11) is -3.91. The van der Waals surface area contributed by atoms with Crippen molar-refractivity contribution in [3.63, 3.8) is 0 Å². The summed E-state index contributed by atoms with van der Waals surface area (Å²) in [6.07, 6.45) is 0.123. The van der Waals surface area contributed by atoms with E-state index in [0.717, 1.165) is 0 Å². The van der Waals surface area contributed by atoms with E-state index in [-0.39, 0.29) is 48.3 Å². The molecule has 0 atom stereocenters. The summed E-state index contributed by atoms with van der Waals surface area (Å²) in [5.74, 6) is -0.833. The molecule has 0 saturated heterocycles. The first-order valence-corrected chi connectivity index (χ1v) is 4.61. The molecule has 0 aliphatic rings. The van der Waals surface area contributed by atoms with Crippen molar-refractivity contribution in [1.29, 1.82) is 0 Å². The molecule has 0 saturated carbocycles. The minimum absolute atomic E-state index is 0. The van der Waals surface area contributed by atoms with Crippen LogP contribution in [0.4, 0.5) is 0 Å². The van der Waals surface area contributed by atoms with E-state index < -0.39 is 16.1 Å². The van der Waals surface area contributed by atoms with Crippen LogP contribution in [-0.4, -0.2) is 60.9 Å². The number of esters is 1. The van der Waals surface area contributed by atoms with Gasteiger partial charge in [-0.1, -0.05) is 0 Å². The maximum absolute atomic E-state index is 10.1. The molecule has 0 spiro atoms. The van der Waals surface area contributed by atoms with Crippen LogP contribution in [0.2, 0.25) is 0 Å². The Kier molecular flexibility index (Phi) is 8.49. The Morgan fingerprint density at radius 3 is 2.33 bits per heavy atom. The zero-order valence-electron chi connectivity index (χ0n) is 6.11. The molecule has 0 aliphatic carbocycles. The molecule has 0 aromatic heterocycles. The third-order valence-corrected chi connectivity index (χ3v) is 1.66. The Morgan fingerprint density at radius 1 is 1.50 bits per heavy atom. The number of hydrogen-bond acceptors (Lipinski definition) is 4. The zero-order chi connectivity index (χ0) is 8.91. The number of hydrogen-bond donors (Lipinski definition) is 1. The van der Waals surface area contributed by atoms with Crippen molar-refractivity contribution < 1.29 is 22.5 Å². The molecule has 0 radical (unpaired) electrons. The molecule has 68 valence electrons. The summed E-state index contributed by atoms with van der Waals surface area (Å²) in [4.78, 5) is 10.1. The van der Waals surface area contributed by atoms with Crippen molar-refractivity contribution in [1.82, 2.24) is 0 Å². The van der Waals surface area contributed by atoms with Gasteiger partial charge in [-0.2, -0.15) is 8.42 Å². The van der Waals surface area contributed by atoms with Gasteiger partial charge in [0.2, 0.25) is 0 Å². The van der Waals surface area contributed by atoms with Gasteiger partial charge >= 0.3 is 35.5 Å². The van der Waals surface area contributed by atoms with Crippen molar-refractivity contribution in [2.75, 3.05) is 12.4 Å². The van der Waals surface area contributed by atoms with Gasteiger partial charge in [0.25, 0.3) is 10.1 Å². The molecular weight excluding hydrogens is 195 g/mol. The molecule has 0 aromatic carbocycles. The van der Waals surface area contributed by atoms with Crippen LogP contribution in [-0.2, 0) is 19.6 Å². The van der Waals surface area contributed by atoms with Gasteiger partial charge in [-0.15, -0.1) is 0 Å². The van der Waals surface area contributed by atoms with Gasteiger partial charge in [0, 0.05) is 6.92 Å². The molecule has 0 fully saturated rings. The number of carbonyl (C=O) groups is 1. The molecule has 7 heteroatoms. The second kappa shape index (κ2) is 6.85. The zero-order valence-corrected chi connectivity index (χ0v) is 6.93. The van der Waals surface area contributed by atoms with Gasteiger partial charge in [-0.25, -0.2) is 0 Å². The van der Waals surface area contributed by atoms with Crippen LogP contribution in [0.1, 0.15) is 13.3 Å². The van der Waals surface area contributed by atoms with Gasteiger partial charge in [-0.05, 0) is 6.42 Å². The van der Waals surface area contributed by atoms with Crippen molar-refractivity contribution in [2.45, 2.75) is 13.3 Å². The summed E-state index contributed by atoms with van der Waals surface area (Å²) in [6.45, 7) is 1.25. The van der Waals surface area contributed by atoms with Crippen LogP contribution in [0.3, 0.4) is 0 Å². The van der Waals surface area contributed by atoms with Crippen molar-refractivity contribution in [2.24, 2.45) is 0 Å². The summed E-state index contributed by atoms with van der Waals surface area (Å²) in [5.41, 5.74) is 0. The van der Waals surface area contributed by atoms with E-state index in [4.69, 9.17) is 4.55 Å². The molecule has 1 N–H and O–H groups in total. The Balaban J connectivity index is 0. The fraction of sp³-hybridized carbons (Fsp3) is 0.800. The van der Waals surface area contributed by atoms with Crippen LogP contribution in [0.25, 0.3) is 0 Å². The Hall–Kier alpha value is 0.380. The SMILES string of the molecule is CC(=O)OCCCS(=O)(=O)O.[NaH]. The summed E-state index contributed by atoms with van der Waals surface area (Å²) in [6, 6.07) is 0. The molecule has 12 heavy (non-hydrogen) atoms. The number of ether oxygens (including phenoxy) is 1. The van der Waals surface area contributed by atoms with E-state index in [2.05, 4.69) is 4.74 Å². The first-order valence-electron chi connectivity index (χ1n) is 3.00. The Bertz CT molecular complexity index is 222. The van der Waals surface area contributed by atoms with E-state index in [9.17, 15) is 13.2 Å². The van der Waals surface area contributed by atoms with Crippen LogP contribution in [0.5, 0.6) is 0 Å². The van der Waals surface area contributed by atoms with Gasteiger partial charge in [0.1, 0.15) is 0 Å². The fourth-order valence-electron chi connectivity index (χ4n) is 0.457. The first-order chi connectivity index (χ1) is 4.92. The molecule has 0 unspecified atom stereocenters. The van der Waals surface area contributed by atoms with E-state index >= 15 is 0 Å². The molecule has 0 amide bonds. The third kappa shape index (κ3) is 13.0. The average Bonchev–Trinajstić information content (AvgIpc) is 1.78. The summed E-state index contributed by atoms with van der Waals surface area (Å²) < 4.78 is 32.8. The predicted octanol–water partition coefficient (Wildman–Crippen LogP) is -0.821. The maximum atomic E-state index is 10.1. The van der Waals surface area contributed by atoms with E-state index in [1.54, 1.807) is 0 Å². The van der Waals surface area contributed by atoms with Crippen LogP contribution >= 0.6 is 0 Å². The molecule has 0 heterocycles. The second-order valence-corrected chi connectivity index (χ2v) is 3.55. The van der Waals surface area contributed by atoms with E-state index in [0.29, 0.717) is 0 Å². The Morgan fingerprint density at radius 2 is 2.00 bits per heavy atom. The van der Waals surface area contributed by atoms with E-state index in [1.165, 1.54) is 6.92 Å². The van der Waals surface area contributed by atoms with Gasteiger partial charge in [-0.3, -0.25) is 9.35 Å². The monoisotopic (exact) mass is 206 g/mol. The van der Waals surface area contributed by atoms with Gasteiger partial charge in [0.15, 0.2) is 0 Å². The second-order valence-electron chi connectivity index (χ2n) is 1.98. The molecule has 0 rings (SSSR count). The quantitative estimate of drug-likeness (QED) is 0.281. The van der Waals surface area contributed by atoms with Gasteiger partial charge < -0.3 is 4.74 Å². The first kappa shape index (κ1) is 14.9. The molecule has 0 bridgehead atoms. The standard InChI is InChI=1S/C5H10O5S.Na.H/c1-5(6)10-3-2-4-11(7,8)9;;/h2-4H2,1H3,(H,7,8,9);;. The molecular formula is C5H11NaO5S. The average molecular weight is 206 g/mol. The van der Waals surface area contributed by atoms with Gasteiger partial charge in [0.05, 0.1) is 12.4 Å². The van der Waals surface area contributed by atoms with Crippen LogP contribution < -0.4 is 0 Å². The third-order valence-electron chi connectivity index (χ3n) is 0.852. The normalized spacial score (nSPS) is 10.2. The van der Waals surface area contributed by atoms with Crippen molar-refractivity contribution in [3.8, 4) is 0 Å². The van der Waals surface area contributed by atoms with Crippen molar-refractivity contribution >= 4 is 45.6 Å². The summed E-state index contributed by atoms with van der Waals surface area (Å²) in [5, 5.41) is 0. The Labute approximate surface area is 93.5 Å². The number of rotatable bonds is 4. The predicted molar refractivity (Wildman–Crippen MR) is 44.8 cm³/mol. The topological polar surface area (TPSA) is 80.7 Å². The molecule has 5 nitrogen and oxygen atoms in total. The molecule has 0 aliphatic heterocycles. The minimum atomic E-state index is -3.91. The van der Waals surface area contributed by atoms with Crippen molar-refractivity contribution in [3.05, 3.63) is 0 Å². The fourth-order valence-corrected chi connectivity index (χ4v) is 0.940. The van der Waals surface area contributed by atoms with E-state index in [1.807, 2.05) is 0 Å². The van der Waals surface area contributed by atoms with Crippen LogP contribution in [0, 0.1) is 0 Å². The summed E-state index contributed by atoms with van der Waals surface area (Å²) >= 11 is 0.